The maximum absolute atomic E-state index is 14.1. The SMILES string of the molecule is CC(C)(C)OC(=O)N1CCC(C(C(=O)NOC(=O)C(F)(F)F)N2CCC(C)(c3ccc(OCc4ccnc5ccccc45)cc3)C2=O)CC1. The van der Waals surface area contributed by atoms with Gasteiger partial charge in [0, 0.05) is 36.8 Å². The zero-order chi connectivity index (χ0) is 35.6. The van der Waals surface area contributed by atoms with Crippen LogP contribution in [-0.4, -0.2) is 76.1 Å². The van der Waals surface area contributed by atoms with E-state index in [1.807, 2.05) is 30.3 Å². The number of alkyl halides is 3. The lowest BCUT2D eigenvalue weighted by molar-refractivity contribution is -0.208. The summed E-state index contributed by atoms with van der Waals surface area (Å²) in [6.07, 6.45) is -3.31. The number of piperidine rings is 1. The van der Waals surface area contributed by atoms with Crippen LogP contribution in [0.4, 0.5) is 18.0 Å². The Bertz CT molecular complexity index is 1700. The Morgan fingerprint density at radius 3 is 2.33 bits per heavy atom. The van der Waals surface area contributed by atoms with Gasteiger partial charge < -0.3 is 24.1 Å². The van der Waals surface area contributed by atoms with E-state index in [1.165, 1.54) is 9.80 Å². The fourth-order valence-electron chi connectivity index (χ4n) is 6.31. The lowest BCUT2D eigenvalue weighted by atomic mass is 9.80. The fraction of sp³-hybridized carbons (Fsp3) is 0.457. The molecule has 0 aliphatic carbocycles. The molecule has 49 heavy (non-hydrogen) atoms. The average molecular weight is 685 g/mol. The fourth-order valence-corrected chi connectivity index (χ4v) is 6.31. The number of likely N-dealkylation sites (tertiary alicyclic amines) is 2. The van der Waals surface area contributed by atoms with Crippen LogP contribution in [0.3, 0.4) is 0 Å². The molecule has 0 spiro atoms. The first-order chi connectivity index (χ1) is 23.1. The van der Waals surface area contributed by atoms with Gasteiger partial charge in [-0.3, -0.25) is 14.6 Å². The van der Waals surface area contributed by atoms with E-state index < -0.39 is 53.0 Å². The summed E-state index contributed by atoms with van der Waals surface area (Å²) < 4.78 is 49.9. The summed E-state index contributed by atoms with van der Waals surface area (Å²) in [7, 11) is 0. The number of fused-ring (bicyclic) bond motifs is 1. The van der Waals surface area contributed by atoms with Gasteiger partial charge in [-0.1, -0.05) is 30.3 Å². The maximum atomic E-state index is 14.1. The predicted molar refractivity (Wildman–Crippen MR) is 171 cm³/mol. The lowest BCUT2D eigenvalue weighted by Crippen LogP contribution is -2.56. The molecule has 1 aromatic heterocycles. The minimum absolute atomic E-state index is 0.125. The monoisotopic (exact) mass is 684 g/mol. The predicted octanol–water partition coefficient (Wildman–Crippen LogP) is 5.46. The topological polar surface area (TPSA) is 127 Å². The van der Waals surface area contributed by atoms with Gasteiger partial charge in [-0.05, 0) is 82.7 Å². The molecule has 2 saturated heterocycles. The Balaban J connectivity index is 1.30. The highest BCUT2D eigenvalue weighted by atomic mass is 19.4. The second-order valence-electron chi connectivity index (χ2n) is 13.5. The third-order valence-corrected chi connectivity index (χ3v) is 8.93. The van der Waals surface area contributed by atoms with Crippen LogP contribution in [-0.2, 0) is 36.0 Å². The first-order valence-electron chi connectivity index (χ1n) is 16.0. The molecule has 2 aliphatic rings. The molecule has 3 amide bonds. The Labute approximate surface area is 281 Å². The average Bonchev–Trinajstić information content (AvgIpc) is 3.36. The quantitative estimate of drug-likeness (QED) is 0.326. The summed E-state index contributed by atoms with van der Waals surface area (Å²) in [6.45, 7) is 7.78. The third kappa shape index (κ3) is 8.06. The lowest BCUT2D eigenvalue weighted by Gasteiger charge is -2.39. The summed E-state index contributed by atoms with van der Waals surface area (Å²) in [5.41, 5.74) is 2.35. The molecule has 2 aromatic carbocycles. The van der Waals surface area contributed by atoms with Crippen molar-refractivity contribution in [3.63, 3.8) is 0 Å². The Hall–Kier alpha value is -4.88. The highest BCUT2D eigenvalue weighted by Crippen LogP contribution is 2.39. The molecule has 0 saturated carbocycles. The van der Waals surface area contributed by atoms with Crippen LogP contribution in [0, 0.1) is 5.92 Å². The van der Waals surface area contributed by atoms with Crippen molar-refractivity contribution in [2.75, 3.05) is 19.6 Å². The van der Waals surface area contributed by atoms with Gasteiger partial charge in [-0.2, -0.15) is 18.7 Å². The third-order valence-electron chi connectivity index (χ3n) is 8.93. The standard InChI is InChI=1S/C35H39F3N4O7/c1-33(2,3)48-32(46)41-18-14-22(15-19-41)28(29(43)40-49-31(45)35(36,37)38)42-20-16-34(4,30(42)44)24-9-11-25(12-10-24)47-21-23-13-17-39-27-8-6-5-7-26(23)27/h5-13,17,22,28H,14-16,18-21H2,1-4H3,(H,40,43). The van der Waals surface area contributed by atoms with E-state index in [-0.39, 0.29) is 32.5 Å². The van der Waals surface area contributed by atoms with Gasteiger partial charge in [0.05, 0.1) is 10.9 Å². The van der Waals surface area contributed by atoms with Gasteiger partial charge >= 0.3 is 18.2 Å². The second-order valence-corrected chi connectivity index (χ2v) is 13.5. The Kier molecular flexibility index (Phi) is 10.1. The van der Waals surface area contributed by atoms with Crippen LogP contribution in [0.25, 0.3) is 10.9 Å². The number of amides is 3. The van der Waals surface area contributed by atoms with Crippen LogP contribution < -0.4 is 10.2 Å². The number of ether oxygens (including phenoxy) is 2. The van der Waals surface area contributed by atoms with Crippen LogP contribution in [0.2, 0.25) is 0 Å². The number of nitrogens with one attached hydrogen (secondary N) is 1. The Morgan fingerprint density at radius 1 is 1.00 bits per heavy atom. The summed E-state index contributed by atoms with van der Waals surface area (Å²) >= 11 is 0. The van der Waals surface area contributed by atoms with Crippen LogP contribution in [0.1, 0.15) is 58.1 Å². The Morgan fingerprint density at radius 2 is 1.67 bits per heavy atom. The summed E-state index contributed by atoms with van der Waals surface area (Å²) in [4.78, 5) is 62.8. The molecular formula is C35H39F3N4O7. The van der Waals surface area contributed by atoms with Crippen molar-refractivity contribution >= 4 is 34.8 Å². The van der Waals surface area contributed by atoms with E-state index in [9.17, 15) is 32.3 Å². The number of hydrogen-bond acceptors (Lipinski definition) is 8. The van der Waals surface area contributed by atoms with Crippen molar-refractivity contribution in [1.29, 1.82) is 0 Å². The minimum Gasteiger partial charge on any atom is -0.489 e. The molecule has 2 unspecified atom stereocenters. The van der Waals surface area contributed by atoms with Gasteiger partial charge in [-0.15, -0.1) is 0 Å². The molecule has 0 radical (unpaired) electrons. The number of benzene rings is 2. The van der Waals surface area contributed by atoms with Crippen molar-refractivity contribution in [2.24, 2.45) is 5.92 Å². The molecule has 5 rings (SSSR count). The molecule has 14 heteroatoms. The number of aromatic nitrogens is 1. The largest absolute Gasteiger partial charge is 0.493 e. The van der Waals surface area contributed by atoms with Crippen molar-refractivity contribution < 1.29 is 46.7 Å². The number of rotatable bonds is 7. The minimum atomic E-state index is -5.33. The van der Waals surface area contributed by atoms with E-state index >= 15 is 0 Å². The van der Waals surface area contributed by atoms with E-state index in [0.717, 1.165) is 16.5 Å². The van der Waals surface area contributed by atoms with Crippen LogP contribution in [0.15, 0.2) is 60.8 Å². The molecule has 3 heterocycles. The number of pyridine rings is 1. The number of carbonyl (C=O) groups is 4. The van der Waals surface area contributed by atoms with Crippen molar-refractivity contribution in [3.8, 4) is 5.75 Å². The highest BCUT2D eigenvalue weighted by Gasteiger charge is 2.51. The van der Waals surface area contributed by atoms with E-state index in [2.05, 4.69) is 9.82 Å². The first-order valence-corrected chi connectivity index (χ1v) is 16.0. The molecule has 262 valence electrons. The van der Waals surface area contributed by atoms with Crippen LogP contribution in [0.5, 0.6) is 5.75 Å². The van der Waals surface area contributed by atoms with Crippen molar-refractivity contribution in [3.05, 3.63) is 71.9 Å². The second kappa shape index (κ2) is 13.9. The zero-order valence-corrected chi connectivity index (χ0v) is 27.7. The maximum Gasteiger partial charge on any atom is 0.493 e. The number of carbonyl (C=O) groups excluding carboxylic acids is 4. The normalized spacial score (nSPS) is 19.4. The molecule has 2 aliphatic heterocycles. The zero-order valence-electron chi connectivity index (χ0n) is 27.7. The summed E-state index contributed by atoms with van der Waals surface area (Å²) in [5.74, 6) is -4.01. The molecule has 0 bridgehead atoms. The molecule has 1 N–H and O–H groups in total. The number of halogens is 3. The number of nitrogens with zero attached hydrogens (tertiary/aromatic N) is 3. The van der Waals surface area contributed by atoms with Gasteiger partial charge in [0.2, 0.25) is 5.91 Å². The van der Waals surface area contributed by atoms with Gasteiger partial charge in [0.15, 0.2) is 0 Å². The molecule has 2 atom stereocenters. The number of hydroxylamine groups is 1. The molecule has 11 nitrogen and oxygen atoms in total. The summed E-state index contributed by atoms with van der Waals surface area (Å²) in [5, 5.41) is 0.980. The van der Waals surface area contributed by atoms with E-state index in [0.29, 0.717) is 24.3 Å². The first kappa shape index (κ1) is 35.4. The number of para-hydroxylation sites is 1. The smallest absolute Gasteiger partial charge is 0.489 e. The molecule has 3 aromatic rings. The van der Waals surface area contributed by atoms with Crippen molar-refractivity contribution in [1.82, 2.24) is 20.3 Å². The van der Waals surface area contributed by atoms with Gasteiger partial charge in [0.25, 0.3) is 5.91 Å². The summed E-state index contributed by atoms with van der Waals surface area (Å²) in [6, 6.07) is 15.4. The van der Waals surface area contributed by atoms with Crippen LogP contribution >= 0.6 is 0 Å². The number of hydrogen-bond donors (Lipinski definition) is 1. The van der Waals surface area contributed by atoms with E-state index in [4.69, 9.17) is 9.47 Å². The molecule has 2 fully saturated rings. The van der Waals surface area contributed by atoms with E-state index in [1.54, 1.807) is 63.6 Å². The van der Waals surface area contributed by atoms with Crippen molar-refractivity contribution in [2.45, 2.75) is 76.8 Å². The highest BCUT2D eigenvalue weighted by molar-refractivity contribution is 5.95. The van der Waals surface area contributed by atoms with Gasteiger partial charge in [-0.25, -0.2) is 9.59 Å². The molecular weight excluding hydrogens is 645 g/mol. The van der Waals surface area contributed by atoms with Gasteiger partial charge in [0.1, 0.15) is 24.0 Å².